The summed E-state index contributed by atoms with van der Waals surface area (Å²) in [6.07, 6.45) is 0. The minimum absolute atomic E-state index is 0.0577. The largest absolute Gasteiger partial charge is 0.744 e. The standard InChI is InChI=1S/C18H18I2O6S/c1-8(2)11-6-12(9(3)5-15(11)27(23,24)25)18(22)26-17-10(4)13(19)7-14(20)16(17)21/h5-8,21H,1-4H3,(H,23,24,25)/p-1. The molecule has 0 unspecified atom stereocenters. The number of hydrogen-bond donors (Lipinski definition) is 1. The fraction of sp³-hybridized carbons (Fsp3) is 0.278. The molecular formula is C18H17I2O6S-. The Bertz CT molecular complexity index is 1000. The van der Waals surface area contributed by atoms with Gasteiger partial charge in [0, 0.05) is 9.13 Å². The number of carbonyl (C=O) groups is 1. The maximum atomic E-state index is 12.7. The molecule has 2 rings (SSSR count). The molecule has 0 spiro atoms. The predicted octanol–water partition coefficient (Wildman–Crippen LogP) is 4.46. The Morgan fingerprint density at radius 2 is 1.74 bits per heavy atom. The zero-order valence-electron chi connectivity index (χ0n) is 15.0. The number of benzene rings is 2. The van der Waals surface area contributed by atoms with Gasteiger partial charge in [-0.25, -0.2) is 13.2 Å². The molecule has 27 heavy (non-hydrogen) atoms. The first-order chi connectivity index (χ1) is 12.3. The van der Waals surface area contributed by atoms with E-state index < -0.39 is 16.1 Å². The number of phenols is 1. The average molecular weight is 615 g/mol. The monoisotopic (exact) mass is 615 g/mol. The number of aryl methyl sites for hydroxylation is 1. The van der Waals surface area contributed by atoms with E-state index in [9.17, 15) is 22.9 Å². The summed E-state index contributed by atoms with van der Waals surface area (Å²) in [6.45, 7) is 6.71. The van der Waals surface area contributed by atoms with Gasteiger partial charge >= 0.3 is 5.97 Å². The van der Waals surface area contributed by atoms with Gasteiger partial charge in [0.05, 0.1) is 14.0 Å². The van der Waals surface area contributed by atoms with Crippen LogP contribution in [0.1, 0.15) is 46.8 Å². The number of hydrogen-bond acceptors (Lipinski definition) is 6. The molecule has 0 aliphatic carbocycles. The van der Waals surface area contributed by atoms with Crippen LogP contribution in [0.15, 0.2) is 23.1 Å². The smallest absolute Gasteiger partial charge is 0.343 e. The molecule has 146 valence electrons. The lowest BCUT2D eigenvalue weighted by Crippen LogP contribution is -2.15. The number of carbonyl (C=O) groups excluding carboxylic acids is 1. The van der Waals surface area contributed by atoms with E-state index in [1.54, 1.807) is 26.8 Å². The summed E-state index contributed by atoms with van der Waals surface area (Å²) in [4.78, 5) is 12.4. The lowest BCUT2D eigenvalue weighted by atomic mass is 9.97. The summed E-state index contributed by atoms with van der Waals surface area (Å²) in [7, 11) is -4.67. The van der Waals surface area contributed by atoms with Crippen LogP contribution in [0, 0.1) is 21.0 Å². The van der Waals surface area contributed by atoms with E-state index in [4.69, 9.17) is 4.74 Å². The molecule has 9 heteroatoms. The van der Waals surface area contributed by atoms with Gasteiger partial charge < -0.3 is 14.4 Å². The summed E-state index contributed by atoms with van der Waals surface area (Å²) in [5.41, 5.74) is 1.30. The Morgan fingerprint density at radius 1 is 1.15 bits per heavy atom. The van der Waals surface area contributed by atoms with Crippen molar-refractivity contribution in [2.45, 2.75) is 38.5 Å². The van der Waals surface area contributed by atoms with E-state index in [0.29, 0.717) is 14.7 Å². The van der Waals surface area contributed by atoms with Gasteiger partial charge in [0.15, 0.2) is 11.5 Å². The molecular weight excluding hydrogens is 598 g/mol. The van der Waals surface area contributed by atoms with Crippen LogP contribution in [0.3, 0.4) is 0 Å². The third-order valence-electron chi connectivity index (χ3n) is 4.06. The number of esters is 1. The van der Waals surface area contributed by atoms with Crippen LogP contribution >= 0.6 is 45.2 Å². The normalized spacial score (nSPS) is 11.7. The third-order valence-corrected chi connectivity index (χ3v) is 6.89. The topological polar surface area (TPSA) is 104 Å². The van der Waals surface area contributed by atoms with Gasteiger partial charge in [-0.15, -0.1) is 0 Å². The van der Waals surface area contributed by atoms with Gasteiger partial charge in [-0.3, -0.25) is 0 Å². The quantitative estimate of drug-likeness (QED) is 0.236. The molecule has 0 heterocycles. The molecule has 0 amide bonds. The third kappa shape index (κ3) is 4.74. The van der Waals surface area contributed by atoms with Gasteiger partial charge in [0.2, 0.25) is 0 Å². The fourth-order valence-corrected chi connectivity index (χ4v) is 5.15. The number of aromatic hydroxyl groups is 1. The number of rotatable bonds is 4. The Morgan fingerprint density at radius 3 is 2.26 bits per heavy atom. The van der Waals surface area contributed by atoms with Crippen LogP contribution < -0.4 is 4.74 Å². The maximum Gasteiger partial charge on any atom is 0.343 e. The predicted molar refractivity (Wildman–Crippen MR) is 116 cm³/mol. The van der Waals surface area contributed by atoms with Gasteiger partial charge in [-0.05, 0) is 94.3 Å². The van der Waals surface area contributed by atoms with Crippen LogP contribution in [0.2, 0.25) is 0 Å². The SMILES string of the molecule is Cc1cc(S(=O)(=O)[O-])c(C(C)C)cc1C(=O)Oc1c(C)c(I)cc(I)c1O. The van der Waals surface area contributed by atoms with E-state index >= 15 is 0 Å². The van der Waals surface area contributed by atoms with Gasteiger partial charge in [0.25, 0.3) is 0 Å². The molecule has 0 saturated heterocycles. The summed E-state index contributed by atoms with van der Waals surface area (Å²) in [6, 6.07) is 4.33. The highest BCUT2D eigenvalue weighted by Gasteiger charge is 2.22. The fourth-order valence-electron chi connectivity index (χ4n) is 2.54. The highest BCUT2D eigenvalue weighted by Crippen LogP contribution is 2.38. The molecule has 0 aliphatic heterocycles. The lowest BCUT2D eigenvalue weighted by Gasteiger charge is -2.19. The zero-order valence-corrected chi connectivity index (χ0v) is 20.1. The van der Waals surface area contributed by atoms with Crippen molar-refractivity contribution >= 4 is 61.3 Å². The molecule has 0 bridgehead atoms. The second-order valence-corrected chi connectivity index (χ2v) is 10.0. The Balaban J connectivity index is 2.57. The zero-order chi connectivity index (χ0) is 20.7. The second-order valence-electron chi connectivity index (χ2n) is 6.35. The van der Waals surface area contributed by atoms with E-state index in [0.717, 1.165) is 3.57 Å². The van der Waals surface area contributed by atoms with Crippen molar-refractivity contribution in [1.82, 2.24) is 0 Å². The molecule has 0 atom stereocenters. The van der Waals surface area contributed by atoms with Crippen molar-refractivity contribution in [2.24, 2.45) is 0 Å². The molecule has 0 radical (unpaired) electrons. The Hall–Kier alpha value is -0.920. The van der Waals surface area contributed by atoms with Crippen LogP contribution in [-0.4, -0.2) is 24.0 Å². The second kappa shape index (κ2) is 8.21. The van der Waals surface area contributed by atoms with E-state index in [2.05, 4.69) is 22.6 Å². The first-order valence-electron chi connectivity index (χ1n) is 7.84. The molecule has 0 aliphatic rings. The average Bonchev–Trinajstić information content (AvgIpc) is 2.55. The summed E-state index contributed by atoms with van der Waals surface area (Å²) < 4.78 is 41.4. The van der Waals surface area contributed by atoms with Crippen molar-refractivity contribution in [3.8, 4) is 11.5 Å². The van der Waals surface area contributed by atoms with Crippen LogP contribution in [0.5, 0.6) is 11.5 Å². The molecule has 2 aromatic carbocycles. The summed E-state index contributed by atoms with van der Waals surface area (Å²) in [5, 5.41) is 10.3. The Kier molecular flexibility index (Phi) is 6.80. The molecule has 6 nitrogen and oxygen atoms in total. The molecule has 0 fully saturated rings. The molecule has 1 N–H and O–H groups in total. The Labute approximate surface area is 185 Å². The first kappa shape index (κ1) is 22.4. The first-order valence-corrected chi connectivity index (χ1v) is 11.4. The van der Waals surface area contributed by atoms with Crippen molar-refractivity contribution < 1.29 is 27.6 Å². The van der Waals surface area contributed by atoms with Crippen molar-refractivity contribution in [1.29, 1.82) is 0 Å². The van der Waals surface area contributed by atoms with E-state index in [1.165, 1.54) is 19.1 Å². The molecule has 2 aromatic rings. The van der Waals surface area contributed by atoms with Gasteiger partial charge in [-0.2, -0.15) is 0 Å². The van der Waals surface area contributed by atoms with Gasteiger partial charge in [-0.1, -0.05) is 13.8 Å². The van der Waals surface area contributed by atoms with Crippen LogP contribution in [0.4, 0.5) is 0 Å². The van der Waals surface area contributed by atoms with Crippen molar-refractivity contribution in [3.63, 3.8) is 0 Å². The molecule has 0 saturated carbocycles. The highest BCUT2D eigenvalue weighted by molar-refractivity contribution is 14.1. The number of halogens is 2. The van der Waals surface area contributed by atoms with Crippen LogP contribution in [0.25, 0.3) is 0 Å². The minimum Gasteiger partial charge on any atom is -0.744 e. The lowest BCUT2D eigenvalue weighted by molar-refractivity contribution is 0.0727. The van der Waals surface area contributed by atoms with E-state index in [1.807, 2.05) is 22.6 Å². The number of phenolic OH excluding ortho intramolecular Hbond substituents is 1. The van der Waals surface area contributed by atoms with E-state index in [-0.39, 0.29) is 33.4 Å². The van der Waals surface area contributed by atoms with Crippen molar-refractivity contribution in [2.75, 3.05) is 0 Å². The summed E-state index contributed by atoms with van der Waals surface area (Å²) >= 11 is 4.02. The van der Waals surface area contributed by atoms with Gasteiger partial charge in [0.1, 0.15) is 10.1 Å². The minimum atomic E-state index is -4.67. The number of ether oxygens (including phenoxy) is 1. The maximum absolute atomic E-state index is 12.7. The van der Waals surface area contributed by atoms with Crippen LogP contribution in [-0.2, 0) is 10.1 Å². The van der Waals surface area contributed by atoms with Crippen molar-refractivity contribution in [3.05, 3.63) is 47.6 Å². The highest BCUT2D eigenvalue weighted by atomic mass is 127. The summed E-state index contributed by atoms with van der Waals surface area (Å²) in [5.74, 6) is -1.10. The molecule has 0 aromatic heterocycles.